The van der Waals surface area contributed by atoms with Gasteiger partial charge in [-0.25, -0.2) is 0 Å². The van der Waals surface area contributed by atoms with E-state index in [4.69, 9.17) is 0 Å². The summed E-state index contributed by atoms with van der Waals surface area (Å²) in [5, 5.41) is 10.2. The van der Waals surface area contributed by atoms with E-state index < -0.39 is 0 Å². The van der Waals surface area contributed by atoms with Crippen molar-refractivity contribution in [3.63, 3.8) is 0 Å². The minimum atomic E-state index is -0.297. The standard InChI is InChI=1S/C22H44O2/c1-4-6-8-10-11-12-14-15-17-21(23)19-20(3)22(24)18-16-13-9-7-5-2/h20,22,24H,4-19H2,1-3H3. The summed E-state index contributed by atoms with van der Waals surface area (Å²) in [7, 11) is 0. The average Bonchev–Trinajstić information content (AvgIpc) is 2.56. The zero-order chi connectivity index (χ0) is 18.0. The summed E-state index contributed by atoms with van der Waals surface area (Å²) in [6, 6.07) is 0. The fraction of sp³-hybridized carbons (Fsp3) is 0.955. The van der Waals surface area contributed by atoms with E-state index in [1.54, 1.807) is 0 Å². The number of hydrogen-bond acceptors (Lipinski definition) is 2. The second-order valence-corrected chi connectivity index (χ2v) is 7.72. The molecule has 0 radical (unpaired) electrons. The molecular formula is C22H44O2. The molecule has 0 amide bonds. The third kappa shape index (κ3) is 15.2. The largest absolute Gasteiger partial charge is 0.393 e. The lowest BCUT2D eigenvalue weighted by atomic mass is 9.92. The van der Waals surface area contributed by atoms with Crippen LogP contribution in [0.5, 0.6) is 0 Å². The van der Waals surface area contributed by atoms with Gasteiger partial charge in [-0.1, -0.05) is 97.8 Å². The summed E-state index contributed by atoms with van der Waals surface area (Å²) in [5.41, 5.74) is 0. The van der Waals surface area contributed by atoms with Crippen LogP contribution in [-0.2, 0) is 4.79 Å². The smallest absolute Gasteiger partial charge is 0.133 e. The van der Waals surface area contributed by atoms with Crippen LogP contribution in [0.2, 0.25) is 0 Å². The molecule has 2 atom stereocenters. The Morgan fingerprint density at radius 1 is 0.750 bits per heavy atom. The number of aliphatic hydroxyl groups excluding tert-OH is 1. The van der Waals surface area contributed by atoms with Crippen molar-refractivity contribution in [2.24, 2.45) is 5.92 Å². The summed E-state index contributed by atoms with van der Waals surface area (Å²) in [4.78, 5) is 12.0. The Kier molecular flexibility index (Phi) is 17.2. The number of hydrogen-bond donors (Lipinski definition) is 1. The third-order valence-electron chi connectivity index (χ3n) is 5.12. The molecule has 0 aromatic heterocycles. The number of aliphatic hydroxyl groups is 1. The molecule has 0 aromatic carbocycles. The molecule has 1 N–H and O–H groups in total. The SMILES string of the molecule is CCCCCCCCCCC(=O)CC(C)C(O)CCCCCCC. The van der Waals surface area contributed by atoms with Gasteiger partial charge >= 0.3 is 0 Å². The van der Waals surface area contributed by atoms with E-state index in [2.05, 4.69) is 13.8 Å². The Morgan fingerprint density at radius 3 is 1.75 bits per heavy atom. The van der Waals surface area contributed by atoms with Gasteiger partial charge in [0.2, 0.25) is 0 Å². The first-order valence-electron chi connectivity index (χ1n) is 10.8. The molecule has 0 aromatic rings. The highest BCUT2D eigenvalue weighted by atomic mass is 16.3. The van der Waals surface area contributed by atoms with Crippen molar-refractivity contribution in [1.29, 1.82) is 0 Å². The fourth-order valence-corrected chi connectivity index (χ4v) is 3.29. The first-order valence-corrected chi connectivity index (χ1v) is 10.8. The first-order chi connectivity index (χ1) is 11.6. The van der Waals surface area contributed by atoms with Crippen LogP contribution in [0.4, 0.5) is 0 Å². The molecule has 0 saturated carbocycles. The van der Waals surface area contributed by atoms with Gasteiger partial charge in [0.25, 0.3) is 0 Å². The van der Waals surface area contributed by atoms with Crippen molar-refractivity contribution >= 4 is 5.78 Å². The topological polar surface area (TPSA) is 37.3 Å². The van der Waals surface area contributed by atoms with Gasteiger partial charge in [-0.2, -0.15) is 0 Å². The van der Waals surface area contributed by atoms with Crippen LogP contribution in [-0.4, -0.2) is 17.0 Å². The van der Waals surface area contributed by atoms with Crippen LogP contribution in [0.25, 0.3) is 0 Å². The van der Waals surface area contributed by atoms with E-state index in [1.807, 2.05) is 6.92 Å². The molecular weight excluding hydrogens is 296 g/mol. The van der Waals surface area contributed by atoms with Gasteiger partial charge in [-0.15, -0.1) is 0 Å². The Labute approximate surface area is 151 Å². The zero-order valence-corrected chi connectivity index (χ0v) is 16.8. The maximum atomic E-state index is 12.0. The highest BCUT2D eigenvalue weighted by Crippen LogP contribution is 2.18. The van der Waals surface area contributed by atoms with E-state index in [1.165, 1.54) is 70.6 Å². The summed E-state index contributed by atoms with van der Waals surface area (Å²) < 4.78 is 0. The zero-order valence-electron chi connectivity index (χ0n) is 16.8. The predicted octanol–water partition coefficient (Wildman–Crippen LogP) is 6.83. The van der Waals surface area contributed by atoms with Gasteiger partial charge in [0, 0.05) is 12.8 Å². The predicted molar refractivity (Wildman–Crippen MR) is 105 cm³/mol. The lowest BCUT2D eigenvalue weighted by molar-refractivity contribution is -0.120. The molecule has 0 saturated heterocycles. The van der Waals surface area contributed by atoms with Gasteiger partial charge in [0.15, 0.2) is 0 Å². The molecule has 0 spiro atoms. The molecule has 0 heterocycles. The highest BCUT2D eigenvalue weighted by molar-refractivity contribution is 5.78. The first kappa shape index (κ1) is 23.6. The highest BCUT2D eigenvalue weighted by Gasteiger charge is 2.17. The second-order valence-electron chi connectivity index (χ2n) is 7.72. The molecule has 24 heavy (non-hydrogen) atoms. The van der Waals surface area contributed by atoms with Crippen molar-refractivity contribution in [3.8, 4) is 0 Å². The van der Waals surface area contributed by atoms with Crippen LogP contribution in [0, 0.1) is 5.92 Å². The second kappa shape index (κ2) is 17.5. The van der Waals surface area contributed by atoms with Crippen LogP contribution in [0.3, 0.4) is 0 Å². The fourth-order valence-electron chi connectivity index (χ4n) is 3.29. The molecule has 2 heteroatoms. The van der Waals surface area contributed by atoms with E-state index in [0.29, 0.717) is 18.6 Å². The van der Waals surface area contributed by atoms with E-state index in [0.717, 1.165) is 19.3 Å². The Bertz CT molecular complexity index is 275. The summed E-state index contributed by atoms with van der Waals surface area (Å²) in [6.07, 6.45) is 18.2. The molecule has 0 bridgehead atoms. The van der Waals surface area contributed by atoms with Crippen LogP contribution >= 0.6 is 0 Å². The molecule has 0 aliphatic carbocycles. The number of carbonyl (C=O) groups is 1. The Balaban J connectivity index is 3.53. The normalized spacial score (nSPS) is 13.8. The molecule has 0 rings (SSSR count). The van der Waals surface area contributed by atoms with Gasteiger partial charge in [0.1, 0.15) is 5.78 Å². The lowest BCUT2D eigenvalue weighted by Crippen LogP contribution is -2.20. The van der Waals surface area contributed by atoms with Gasteiger partial charge in [-0.3, -0.25) is 4.79 Å². The van der Waals surface area contributed by atoms with E-state index in [-0.39, 0.29) is 12.0 Å². The molecule has 0 fully saturated rings. The molecule has 2 unspecified atom stereocenters. The average molecular weight is 341 g/mol. The van der Waals surface area contributed by atoms with Crippen molar-refractivity contribution in [1.82, 2.24) is 0 Å². The molecule has 2 nitrogen and oxygen atoms in total. The summed E-state index contributed by atoms with van der Waals surface area (Å²) in [5.74, 6) is 0.469. The Hall–Kier alpha value is -0.370. The lowest BCUT2D eigenvalue weighted by Gasteiger charge is -2.18. The maximum absolute atomic E-state index is 12.0. The van der Waals surface area contributed by atoms with Crippen molar-refractivity contribution in [2.75, 3.05) is 0 Å². The third-order valence-corrected chi connectivity index (χ3v) is 5.12. The molecule has 144 valence electrons. The summed E-state index contributed by atoms with van der Waals surface area (Å²) in [6.45, 7) is 6.49. The minimum Gasteiger partial charge on any atom is -0.393 e. The number of ketones is 1. The molecule has 0 aliphatic heterocycles. The van der Waals surface area contributed by atoms with Gasteiger partial charge in [-0.05, 0) is 18.8 Å². The van der Waals surface area contributed by atoms with Crippen molar-refractivity contribution in [2.45, 2.75) is 130 Å². The maximum Gasteiger partial charge on any atom is 0.133 e. The van der Waals surface area contributed by atoms with Crippen molar-refractivity contribution < 1.29 is 9.90 Å². The number of unbranched alkanes of at least 4 members (excludes halogenated alkanes) is 11. The Morgan fingerprint density at radius 2 is 1.21 bits per heavy atom. The number of rotatable bonds is 18. The quantitative estimate of drug-likeness (QED) is 0.277. The minimum absolute atomic E-state index is 0.123. The number of carbonyl (C=O) groups excluding carboxylic acids is 1. The van der Waals surface area contributed by atoms with Crippen molar-refractivity contribution in [3.05, 3.63) is 0 Å². The number of Topliss-reactive ketones (excluding diaryl/α,β-unsaturated/α-hetero) is 1. The van der Waals surface area contributed by atoms with Crippen LogP contribution < -0.4 is 0 Å². The monoisotopic (exact) mass is 340 g/mol. The van der Waals surface area contributed by atoms with Crippen LogP contribution in [0.15, 0.2) is 0 Å². The molecule has 0 aliphatic rings. The summed E-state index contributed by atoms with van der Waals surface area (Å²) >= 11 is 0. The van der Waals surface area contributed by atoms with Crippen LogP contribution in [0.1, 0.15) is 124 Å². The van der Waals surface area contributed by atoms with E-state index >= 15 is 0 Å². The van der Waals surface area contributed by atoms with Gasteiger partial charge in [0.05, 0.1) is 6.10 Å². The van der Waals surface area contributed by atoms with E-state index in [9.17, 15) is 9.90 Å². The van der Waals surface area contributed by atoms with Gasteiger partial charge < -0.3 is 5.11 Å².